The maximum absolute atomic E-state index is 12.6. The standard InChI is InChI=1S/C32H45N3O4/c1-22-9-12-26(28-13-15-32(2,3)21-39-28)27(19-22)29(31(36)37)35-17-14-25(20-35)38-18-5-4-8-24-11-10-23-7-6-16-33-30(23)34-24/h9-12,19,25,28-29H,4-8,13-18,20-21H2,1-3H3,(H,33,34)(H,36,37)/t25-,28?,29?/m1/s1. The predicted octanol–water partition coefficient (Wildman–Crippen LogP) is 5.87. The molecule has 7 heteroatoms. The Bertz CT molecular complexity index is 1140. The third kappa shape index (κ3) is 7.00. The van der Waals surface area contributed by atoms with Crippen molar-refractivity contribution in [2.45, 2.75) is 90.4 Å². The number of likely N-dealkylation sites (tertiary alicyclic amines) is 1. The van der Waals surface area contributed by atoms with Gasteiger partial charge in [-0.05, 0) is 86.5 Å². The van der Waals surface area contributed by atoms with Gasteiger partial charge in [-0.2, -0.15) is 0 Å². The van der Waals surface area contributed by atoms with Crippen molar-refractivity contribution in [1.82, 2.24) is 9.88 Å². The first-order valence-corrected chi connectivity index (χ1v) is 14.8. The van der Waals surface area contributed by atoms with Gasteiger partial charge < -0.3 is 19.9 Å². The number of nitrogens with zero attached hydrogens (tertiary/aromatic N) is 2. The molecule has 0 aliphatic carbocycles. The van der Waals surface area contributed by atoms with Crippen LogP contribution in [0.2, 0.25) is 0 Å². The van der Waals surface area contributed by atoms with Crippen molar-refractivity contribution in [2.24, 2.45) is 5.41 Å². The summed E-state index contributed by atoms with van der Waals surface area (Å²) in [7, 11) is 0. The molecule has 2 unspecified atom stereocenters. The number of carboxylic acid groups (broad SMARTS) is 1. The van der Waals surface area contributed by atoms with Crippen molar-refractivity contribution in [3.63, 3.8) is 0 Å². The molecular weight excluding hydrogens is 490 g/mol. The fourth-order valence-electron chi connectivity index (χ4n) is 6.25. The van der Waals surface area contributed by atoms with Gasteiger partial charge in [-0.15, -0.1) is 0 Å². The SMILES string of the molecule is Cc1ccc(C2CCC(C)(C)CO2)c(C(C(=O)O)N2CC[C@@H](OCCCCc3ccc4c(n3)NCCC4)C2)c1. The minimum Gasteiger partial charge on any atom is -0.480 e. The molecule has 3 aliphatic rings. The molecule has 0 saturated carbocycles. The summed E-state index contributed by atoms with van der Waals surface area (Å²) in [5.74, 6) is 0.260. The molecule has 1 aromatic carbocycles. The number of ether oxygens (including phenoxy) is 2. The number of carbonyl (C=O) groups is 1. The normalized spacial score (nSPS) is 23.7. The summed E-state index contributed by atoms with van der Waals surface area (Å²) in [5, 5.41) is 13.8. The Morgan fingerprint density at radius 3 is 2.92 bits per heavy atom. The third-order valence-electron chi connectivity index (χ3n) is 8.55. The van der Waals surface area contributed by atoms with Gasteiger partial charge in [-0.25, -0.2) is 4.98 Å². The van der Waals surface area contributed by atoms with Crippen molar-refractivity contribution in [1.29, 1.82) is 0 Å². The highest BCUT2D eigenvalue weighted by atomic mass is 16.5. The monoisotopic (exact) mass is 535 g/mol. The van der Waals surface area contributed by atoms with Gasteiger partial charge in [-0.1, -0.05) is 43.7 Å². The Kier molecular flexibility index (Phi) is 8.89. The number of anilines is 1. The van der Waals surface area contributed by atoms with Gasteiger partial charge >= 0.3 is 5.97 Å². The Hall–Kier alpha value is -2.48. The first kappa shape index (κ1) is 28.1. The van der Waals surface area contributed by atoms with Crippen LogP contribution in [-0.2, 0) is 27.1 Å². The van der Waals surface area contributed by atoms with Gasteiger partial charge in [0.25, 0.3) is 0 Å². The van der Waals surface area contributed by atoms with Crippen molar-refractivity contribution in [3.8, 4) is 0 Å². The van der Waals surface area contributed by atoms with Gasteiger partial charge in [0.2, 0.25) is 0 Å². The van der Waals surface area contributed by atoms with E-state index in [1.165, 1.54) is 12.0 Å². The fourth-order valence-corrected chi connectivity index (χ4v) is 6.25. The number of nitrogens with one attached hydrogen (secondary N) is 1. The maximum atomic E-state index is 12.6. The summed E-state index contributed by atoms with van der Waals surface area (Å²) >= 11 is 0. The third-order valence-corrected chi connectivity index (χ3v) is 8.55. The average Bonchev–Trinajstić information content (AvgIpc) is 3.37. The van der Waals surface area contributed by atoms with Crippen LogP contribution < -0.4 is 5.32 Å². The van der Waals surface area contributed by atoms with Crippen LogP contribution in [0.15, 0.2) is 30.3 Å². The minimum absolute atomic E-state index is 0.0505. The Morgan fingerprint density at radius 2 is 2.13 bits per heavy atom. The van der Waals surface area contributed by atoms with Gasteiger partial charge in [0.15, 0.2) is 0 Å². The summed E-state index contributed by atoms with van der Waals surface area (Å²) in [5.41, 5.74) is 5.61. The topological polar surface area (TPSA) is 83.9 Å². The molecule has 5 rings (SSSR count). The quantitative estimate of drug-likeness (QED) is 0.368. The minimum atomic E-state index is -0.800. The van der Waals surface area contributed by atoms with Gasteiger partial charge in [-0.3, -0.25) is 9.69 Å². The van der Waals surface area contributed by atoms with E-state index in [4.69, 9.17) is 14.5 Å². The number of hydrogen-bond donors (Lipinski definition) is 2. The molecule has 3 atom stereocenters. The van der Waals surface area contributed by atoms with E-state index in [9.17, 15) is 9.90 Å². The Balaban J connectivity index is 1.14. The lowest BCUT2D eigenvalue weighted by molar-refractivity contribution is -0.143. The molecular formula is C32H45N3O4. The Labute approximate surface area is 233 Å². The fraction of sp³-hybridized carbons (Fsp3) is 0.625. The number of aliphatic carboxylic acids is 1. The van der Waals surface area contributed by atoms with E-state index >= 15 is 0 Å². The molecule has 39 heavy (non-hydrogen) atoms. The van der Waals surface area contributed by atoms with E-state index < -0.39 is 12.0 Å². The number of pyridine rings is 1. The second-order valence-electron chi connectivity index (χ2n) is 12.4. The lowest BCUT2D eigenvalue weighted by Crippen LogP contribution is -2.35. The molecule has 4 heterocycles. The first-order chi connectivity index (χ1) is 18.8. The van der Waals surface area contributed by atoms with Gasteiger partial charge in [0, 0.05) is 31.9 Å². The number of aryl methyl sites for hydroxylation is 3. The largest absolute Gasteiger partial charge is 0.480 e. The molecule has 0 radical (unpaired) electrons. The van der Waals surface area contributed by atoms with Crippen LogP contribution in [0.25, 0.3) is 0 Å². The molecule has 2 N–H and O–H groups in total. The number of benzene rings is 1. The number of unbranched alkanes of at least 4 members (excludes halogenated alkanes) is 1. The first-order valence-electron chi connectivity index (χ1n) is 14.8. The van der Waals surface area contributed by atoms with E-state index in [-0.39, 0.29) is 17.6 Å². The maximum Gasteiger partial charge on any atom is 0.325 e. The van der Waals surface area contributed by atoms with Crippen LogP contribution in [0.5, 0.6) is 0 Å². The average molecular weight is 536 g/mol. The highest BCUT2D eigenvalue weighted by Gasteiger charge is 2.37. The molecule has 0 amide bonds. The summed E-state index contributed by atoms with van der Waals surface area (Å²) in [4.78, 5) is 19.5. The van der Waals surface area contributed by atoms with Crippen molar-refractivity contribution < 1.29 is 19.4 Å². The molecule has 2 saturated heterocycles. The summed E-state index contributed by atoms with van der Waals surface area (Å²) in [6, 6.07) is 9.90. The van der Waals surface area contributed by atoms with E-state index in [0.29, 0.717) is 19.8 Å². The van der Waals surface area contributed by atoms with Crippen LogP contribution >= 0.6 is 0 Å². The lowest BCUT2D eigenvalue weighted by atomic mass is 9.82. The highest BCUT2D eigenvalue weighted by Crippen LogP contribution is 2.41. The van der Waals surface area contributed by atoms with E-state index in [1.807, 2.05) is 6.92 Å². The van der Waals surface area contributed by atoms with Crippen LogP contribution in [0, 0.1) is 12.3 Å². The smallest absolute Gasteiger partial charge is 0.325 e. The zero-order valence-electron chi connectivity index (χ0n) is 23.9. The van der Waals surface area contributed by atoms with Crippen LogP contribution in [0.1, 0.15) is 92.5 Å². The van der Waals surface area contributed by atoms with Crippen LogP contribution in [0.3, 0.4) is 0 Å². The zero-order valence-corrected chi connectivity index (χ0v) is 23.9. The second-order valence-corrected chi connectivity index (χ2v) is 12.4. The number of rotatable bonds is 10. The number of fused-ring (bicyclic) bond motifs is 1. The van der Waals surface area contributed by atoms with Gasteiger partial charge in [0.1, 0.15) is 11.9 Å². The number of aromatic nitrogens is 1. The predicted molar refractivity (Wildman–Crippen MR) is 153 cm³/mol. The lowest BCUT2D eigenvalue weighted by Gasteiger charge is -2.36. The number of hydrogen-bond acceptors (Lipinski definition) is 6. The van der Waals surface area contributed by atoms with E-state index in [0.717, 1.165) is 86.2 Å². The molecule has 0 spiro atoms. The molecule has 2 fully saturated rings. The van der Waals surface area contributed by atoms with E-state index in [1.54, 1.807) is 0 Å². The highest BCUT2D eigenvalue weighted by molar-refractivity contribution is 5.76. The molecule has 2 aromatic rings. The number of carboxylic acids is 1. The summed E-state index contributed by atoms with van der Waals surface area (Å²) in [6.45, 7) is 10.3. The van der Waals surface area contributed by atoms with Crippen LogP contribution in [-0.4, -0.2) is 59.9 Å². The molecule has 212 valence electrons. The van der Waals surface area contributed by atoms with E-state index in [2.05, 4.69) is 54.4 Å². The van der Waals surface area contributed by atoms with Crippen molar-refractivity contribution >= 4 is 11.8 Å². The molecule has 3 aliphatic heterocycles. The van der Waals surface area contributed by atoms with Gasteiger partial charge in [0.05, 0.1) is 18.8 Å². The zero-order chi connectivity index (χ0) is 27.4. The summed E-state index contributed by atoms with van der Waals surface area (Å²) in [6.07, 6.45) is 8.11. The van der Waals surface area contributed by atoms with Crippen LogP contribution in [0.4, 0.5) is 5.82 Å². The molecule has 1 aromatic heterocycles. The Morgan fingerprint density at radius 1 is 1.26 bits per heavy atom. The molecule has 7 nitrogen and oxygen atoms in total. The van der Waals surface area contributed by atoms with Crippen molar-refractivity contribution in [2.75, 3.05) is 38.2 Å². The van der Waals surface area contributed by atoms with Crippen molar-refractivity contribution in [3.05, 3.63) is 58.3 Å². The second kappa shape index (κ2) is 12.4. The molecule has 0 bridgehead atoms. The summed E-state index contributed by atoms with van der Waals surface area (Å²) < 4.78 is 12.5.